The quantitative estimate of drug-likeness (QED) is 0.259. The van der Waals surface area contributed by atoms with Crippen molar-refractivity contribution in [3.8, 4) is 0 Å². The normalized spacial score (nSPS) is 37.8. The second kappa shape index (κ2) is 6.07. The van der Waals surface area contributed by atoms with Gasteiger partial charge in [0.25, 0.3) is 5.91 Å². The first-order valence-corrected chi connectivity index (χ1v) is 8.89. The molecule has 14 heteroatoms. The number of hydrogen-bond acceptors (Lipinski definition) is 10. The molecule has 6 atom stereocenters. The fraction of sp³-hybridized carbons (Fsp3) is 0.727. The summed E-state index contributed by atoms with van der Waals surface area (Å²) in [6, 6.07) is -0.856. The molecule has 13 nitrogen and oxygen atoms in total. The molecule has 1 amide bonds. The molecular formula is C11H18N5O8P. The van der Waals surface area contributed by atoms with Crippen LogP contribution in [-0.4, -0.2) is 103 Å². The molecule has 3 aliphatic rings. The van der Waals surface area contributed by atoms with Gasteiger partial charge in [0.2, 0.25) is 5.96 Å². The number of aliphatic hydroxyl groups excluding tert-OH is 3. The Hall–Kier alpha value is -1.44. The van der Waals surface area contributed by atoms with Gasteiger partial charge in [-0.2, -0.15) is 9.98 Å². The van der Waals surface area contributed by atoms with Gasteiger partial charge in [0.15, 0.2) is 18.1 Å². The van der Waals surface area contributed by atoms with Crippen molar-refractivity contribution >= 4 is 25.3 Å². The number of amides is 1. The maximum atomic E-state index is 12.0. The molecule has 3 aliphatic heterocycles. The van der Waals surface area contributed by atoms with Gasteiger partial charge in [-0.05, 0) is 7.05 Å². The van der Waals surface area contributed by atoms with Crippen molar-refractivity contribution in [2.75, 3.05) is 13.7 Å². The lowest BCUT2D eigenvalue weighted by Crippen LogP contribution is -2.48. The standard InChI is InChI=1S/C11H18N5O8P/c1-15-2-16(7-3(15)8(19)14-11(12)13-7)9-5(18)4(17)6(24-9)10(20)25(21,22)23/h3-6,9-10,17-18,20H,2H2,1H3,(H2,12,14,19)(H2,21,22,23)/t3?,4-,5+,6-,9+,10?/m0/s1. The van der Waals surface area contributed by atoms with Gasteiger partial charge < -0.3 is 40.5 Å². The Morgan fingerprint density at radius 2 is 1.96 bits per heavy atom. The number of nitrogens with zero attached hydrogens (tertiary/aromatic N) is 4. The fourth-order valence-corrected chi connectivity index (χ4v) is 3.71. The maximum absolute atomic E-state index is 12.0. The number of carbonyl (C=O) groups is 1. The molecule has 0 bridgehead atoms. The van der Waals surface area contributed by atoms with Crippen LogP contribution in [0.2, 0.25) is 0 Å². The number of amidine groups is 1. The molecule has 25 heavy (non-hydrogen) atoms. The highest BCUT2D eigenvalue weighted by Crippen LogP contribution is 2.45. The highest BCUT2D eigenvalue weighted by Gasteiger charge is 2.55. The van der Waals surface area contributed by atoms with Gasteiger partial charge in [0, 0.05) is 0 Å². The Labute approximate surface area is 141 Å². The molecule has 0 spiro atoms. The Morgan fingerprint density at radius 1 is 1.32 bits per heavy atom. The number of fused-ring (bicyclic) bond motifs is 1. The molecule has 0 aromatic heterocycles. The third-order valence-electron chi connectivity index (χ3n) is 4.26. The lowest BCUT2D eigenvalue weighted by atomic mass is 10.1. The minimum atomic E-state index is -4.98. The van der Waals surface area contributed by atoms with Crippen LogP contribution in [0.1, 0.15) is 0 Å². The zero-order chi connectivity index (χ0) is 18.7. The Bertz CT molecular complexity index is 694. The van der Waals surface area contributed by atoms with Crippen molar-refractivity contribution in [1.29, 1.82) is 0 Å². The zero-order valence-electron chi connectivity index (χ0n) is 12.9. The number of aliphatic imine (C=N–C) groups is 2. The summed E-state index contributed by atoms with van der Waals surface area (Å²) in [6.45, 7) is 0.0468. The van der Waals surface area contributed by atoms with E-state index in [-0.39, 0.29) is 18.5 Å². The van der Waals surface area contributed by atoms with E-state index in [1.54, 1.807) is 11.9 Å². The number of rotatable bonds is 3. The van der Waals surface area contributed by atoms with Gasteiger partial charge in [-0.15, -0.1) is 0 Å². The molecule has 2 saturated heterocycles. The summed E-state index contributed by atoms with van der Waals surface area (Å²) in [6.07, 6.45) is -6.40. The smallest absolute Gasteiger partial charge is 0.356 e. The van der Waals surface area contributed by atoms with Gasteiger partial charge in [0.05, 0.1) is 6.67 Å². The van der Waals surface area contributed by atoms with Crippen LogP contribution in [0.15, 0.2) is 9.98 Å². The molecule has 0 radical (unpaired) electrons. The van der Waals surface area contributed by atoms with E-state index < -0.39 is 49.9 Å². The van der Waals surface area contributed by atoms with E-state index in [4.69, 9.17) is 20.3 Å². The summed E-state index contributed by atoms with van der Waals surface area (Å²) in [4.78, 5) is 40.5. The van der Waals surface area contributed by atoms with Gasteiger partial charge in [-0.1, -0.05) is 0 Å². The Balaban J connectivity index is 1.88. The van der Waals surface area contributed by atoms with Crippen LogP contribution in [-0.2, 0) is 14.1 Å². The van der Waals surface area contributed by atoms with Crippen LogP contribution in [0.3, 0.4) is 0 Å². The van der Waals surface area contributed by atoms with E-state index in [9.17, 15) is 24.7 Å². The molecule has 0 aromatic rings. The number of guanidine groups is 1. The van der Waals surface area contributed by atoms with Crippen molar-refractivity contribution in [3.63, 3.8) is 0 Å². The molecule has 7 N–H and O–H groups in total. The molecule has 2 fully saturated rings. The monoisotopic (exact) mass is 379 g/mol. The van der Waals surface area contributed by atoms with Crippen LogP contribution in [0.5, 0.6) is 0 Å². The van der Waals surface area contributed by atoms with Gasteiger partial charge in [-0.3, -0.25) is 14.3 Å². The first-order valence-electron chi connectivity index (χ1n) is 7.20. The largest absolute Gasteiger partial charge is 0.387 e. The van der Waals surface area contributed by atoms with E-state index in [2.05, 4.69) is 9.98 Å². The minimum absolute atomic E-state index is 0.0468. The summed E-state index contributed by atoms with van der Waals surface area (Å²) in [7, 11) is -3.39. The SMILES string of the molecule is CN1CN([C@@H]2O[C@H](C(O)P(=O)(O)O)[C@@H](O)[C@H]2O)C2=NC(N)=NC(=O)C21. The summed E-state index contributed by atoms with van der Waals surface area (Å²) in [5, 5.41) is 29.9. The van der Waals surface area contributed by atoms with E-state index in [0.717, 1.165) is 0 Å². The molecule has 140 valence electrons. The van der Waals surface area contributed by atoms with Gasteiger partial charge >= 0.3 is 7.60 Å². The highest BCUT2D eigenvalue weighted by molar-refractivity contribution is 7.52. The molecule has 3 rings (SSSR count). The maximum Gasteiger partial charge on any atom is 0.356 e. The number of aliphatic hydroxyl groups is 3. The number of hydrogen-bond donors (Lipinski definition) is 6. The van der Waals surface area contributed by atoms with Crippen molar-refractivity contribution in [2.24, 2.45) is 15.7 Å². The predicted octanol–water partition coefficient (Wildman–Crippen LogP) is -4.24. The summed E-state index contributed by atoms with van der Waals surface area (Å²) in [5.74, 6) is -3.04. The highest BCUT2D eigenvalue weighted by atomic mass is 31.2. The van der Waals surface area contributed by atoms with Crippen LogP contribution in [0, 0.1) is 0 Å². The molecule has 3 heterocycles. The predicted molar refractivity (Wildman–Crippen MR) is 81.0 cm³/mol. The number of ether oxygens (including phenoxy) is 1. The molecule has 0 saturated carbocycles. The van der Waals surface area contributed by atoms with Gasteiger partial charge in [0.1, 0.15) is 24.1 Å². The lowest BCUT2D eigenvalue weighted by Gasteiger charge is -2.28. The van der Waals surface area contributed by atoms with E-state index >= 15 is 0 Å². The topological polar surface area (TPSA) is 202 Å². The molecule has 0 aliphatic carbocycles. The second-order valence-corrected chi connectivity index (χ2v) is 7.73. The number of carbonyl (C=O) groups excluding carboxylic acids is 1. The first kappa shape index (κ1) is 18.4. The Morgan fingerprint density at radius 3 is 2.56 bits per heavy atom. The van der Waals surface area contributed by atoms with Crippen molar-refractivity contribution in [3.05, 3.63) is 0 Å². The lowest BCUT2D eigenvalue weighted by molar-refractivity contribution is -0.120. The van der Waals surface area contributed by atoms with Crippen LogP contribution < -0.4 is 5.73 Å². The average Bonchev–Trinajstić information content (AvgIpc) is 2.96. The second-order valence-electron chi connectivity index (χ2n) is 6.02. The molecule has 0 aromatic carbocycles. The van der Waals surface area contributed by atoms with Crippen molar-refractivity contribution in [2.45, 2.75) is 36.4 Å². The molecule has 2 unspecified atom stereocenters. The summed E-state index contributed by atoms with van der Waals surface area (Å²) < 4.78 is 16.5. The van der Waals surface area contributed by atoms with Crippen LogP contribution >= 0.6 is 7.60 Å². The summed E-state index contributed by atoms with van der Waals surface area (Å²) in [5.41, 5.74) is 5.48. The third-order valence-corrected chi connectivity index (χ3v) is 5.25. The summed E-state index contributed by atoms with van der Waals surface area (Å²) >= 11 is 0. The average molecular weight is 379 g/mol. The zero-order valence-corrected chi connectivity index (χ0v) is 13.8. The number of nitrogens with two attached hydrogens (primary N) is 1. The van der Waals surface area contributed by atoms with Crippen LogP contribution in [0.25, 0.3) is 0 Å². The van der Waals surface area contributed by atoms with Crippen molar-refractivity contribution < 1.29 is 39.2 Å². The van der Waals surface area contributed by atoms with Crippen molar-refractivity contribution in [1.82, 2.24) is 9.80 Å². The van der Waals surface area contributed by atoms with E-state index in [1.807, 2.05) is 0 Å². The van der Waals surface area contributed by atoms with Gasteiger partial charge in [-0.25, -0.2) is 0 Å². The fourth-order valence-electron chi connectivity index (χ4n) is 3.08. The number of likely N-dealkylation sites (N-methyl/N-ethyl adjacent to an activating group) is 1. The van der Waals surface area contributed by atoms with Crippen LogP contribution in [0.4, 0.5) is 0 Å². The van der Waals surface area contributed by atoms with E-state index in [1.165, 1.54) is 4.90 Å². The first-order chi connectivity index (χ1) is 11.5. The van der Waals surface area contributed by atoms with E-state index in [0.29, 0.717) is 0 Å². The molecular weight excluding hydrogens is 361 g/mol. The minimum Gasteiger partial charge on any atom is -0.387 e. The Kier molecular flexibility index (Phi) is 4.46. The third kappa shape index (κ3) is 2.98.